The van der Waals surface area contributed by atoms with Crippen LogP contribution in [0.4, 0.5) is 5.69 Å². The van der Waals surface area contributed by atoms with Crippen molar-refractivity contribution in [1.29, 1.82) is 0 Å². The molecule has 0 aliphatic carbocycles. The van der Waals surface area contributed by atoms with Gasteiger partial charge in [0.15, 0.2) is 5.75 Å². The molecule has 2 aromatic rings. The second kappa shape index (κ2) is 7.26. The summed E-state index contributed by atoms with van der Waals surface area (Å²) in [6, 6.07) is 9.22. The summed E-state index contributed by atoms with van der Waals surface area (Å²) in [6.45, 7) is 0.0572. The third-order valence-corrected chi connectivity index (χ3v) is 3.19. The number of nitrogens with zero attached hydrogens (tertiary/aromatic N) is 1. The van der Waals surface area contributed by atoms with Crippen LogP contribution in [0.2, 0.25) is 0 Å². The molecule has 120 valence electrons. The molecule has 0 unspecified atom stereocenters. The van der Waals surface area contributed by atoms with E-state index in [1.165, 1.54) is 32.4 Å². The summed E-state index contributed by atoms with van der Waals surface area (Å²) in [6.07, 6.45) is 0.544. The number of nitro benzene ring substituents is 1. The van der Waals surface area contributed by atoms with Crippen molar-refractivity contribution in [2.75, 3.05) is 14.2 Å². The Balaban J connectivity index is 2.27. The second-order valence-electron chi connectivity index (χ2n) is 4.57. The predicted molar refractivity (Wildman–Crippen MR) is 82.4 cm³/mol. The molecule has 0 saturated heterocycles. The first-order valence-corrected chi connectivity index (χ1v) is 6.66. The van der Waals surface area contributed by atoms with E-state index in [-0.39, 0.29) is 23.6 Å². The molecule has 7 nitrogen and oxygen atoms in total. The van der Waals surface area contributed by atoms with Crippen molar-refractivity contribution in [3.63, 3.8) is 0 Å². The first kappa shape index (κ1) is 16.3. The molecule has 23 heavy (non-hydrogen) atoms. The van der Waals surface area contributed by atoms with Gasteiger partial charge in [0.25, 0.3) is 0 Å². The van der Waals surface area contributed by atoms with Crippen molar-refractivity contribution in [2.45, 2.75) is 6.61 Å². The summed E-state index contributed by atoms with van der Waals surface area (Å²) >= 11 is 0. The fraction of sp³-hybridized carbons (Fsp3) is 0.188. The maximum atomic E-state index is 11.1. The van der Waals surface area contributed by atoms with Gasteiger partial charge >= 0.3 is 5.69 Å². The Hall–Kier alpha value is -3.09. The first-order chi connectivity index (χ1) is 11.1. The van der Waals surface area contributed by atoms with Crippen LogP contribution in [0.5, 0.6) is 17.2 Å². The van der Waals surface area contributed by atoms with Crippen LogP contribution >= 0.6 is 0 Å². The zero-order valence-electron chi connectivity index (χ0n) is 12.6. The van der Waals surface area contributed by atoms with E-state index in [1.807, 2.05) is 0 Å². The van der Waals surface area contributed by atoms with Crippen LogP contribution in [-0.4, -0.2) is 25.4 Å². The number of rotatable bonds is 7. The van der Waals surface area contributed by atoms with Gasteiger partial charge in [0.05, 0.1) is 19.1 Å². The van der Waals surface area contributed by atoms with E-state index >= 15 is 0 Å². The third-order valence-electron chi connectivity index (χ3n) is 3.19. The van der Waals surface area contributed by atoms with E-state index in [4.69, 9.17) is 14.2 Å². The van der Waals surface area contributed by atoms with Crippen molar-refractivity contribution in [2.24, 2.45) is 0 Å². The van der Waals surface area contributed by atoms with Gasteiger partial charge in [0.1, 0.15) is 24.4 Å². The van der Waals surface area contributed by atoms with Crippen molar-refractivity contribution < 1.29 is 23.9 Å². The summed E-state index contributed by atoms with van der Waals surface area (Å²) in [7, 11) is 3.06. The largest absolute Gasteiger partial charge is 0.497 e. The lowest BCUT2D eigenvalue weighted by Gasteiger charge is -2.12. The Labute approximate surface area is 132 Å². The summed E-state index contributed by atoms with van der Waals surface area (Å²) in [4.78, 5) is 21.2. The van der Waals surface area contributed by atoms with E-state index in [9.17, 15) is 14.9 Å². The number of methoxy groups -OCH3 is 2. The maximum absolute atomic E-state index is 11.1. The van der Waals surface area contributed by atoms with E-state index in [0.717, 1.165) is 0 Å². The number of aldehydes is 1. The average Bonchev–Trinajstić information content (AvgIpc) is 2.59. The minimum absolute atomic E-state index is 0.0572. The Kier molecular flexibility index (Phi) is 5.14. The lowest BCUT2D eigenvalue weighted by Crippen LogP contribution is -2.02. The fourth-order valence-electron chi connectivity index (χ4n) is 2.02. The van der Waals surface area contributed by atoms with Gasteiger partial charge in [-0.1, -0.05) is 0 Å². The topological polar surface area (TPSA) is 87.9 Å². The number of carbonyl (C=O) groups is 1. The SMILES string of the molecule is COc1ccc(OC)c(COc2ccc(C=O)cc2[N+](=O)[O-])c1. The molecule has 0 spiro atoms. The van der Waals surface area contributed by atoms with Crippen LogP contribution in [0.3, 0.4) is 0 Å². The minimum atomic E-state index is -0.592. The summed E-state index contributed by atoms with van der Waals surface area (Å²) in [5, 5.41) is 11.1. The second-order valence-corrected chi connectivity index (χ2v) is 4.57. The zero-order valence-corrected chi connectivity index (χ0v) is 12.6. The number of carbonyl (C=O) groups excluding carboxylic acids is 1. The van der Waals surface area contributed by atoms with Crippen LogP contribution in [0, 0.1) is 10.1 Å². The van der Waals surface area contributed by atoms with Crippen LogP contribution < -0.4 is 14.2 Å². The highest BCUT2D eigenvalue weighted by atomic mass is 16.6. The summed E-state index contributed by atoms with van der Waals surface area (Å²) in [5.74, 6) is 1.28. The number of hydrogen-bond acceptors (Lipinski definition) is 6. The average molecular weight is 317 g/mol. The standard InChI is InChI=1S/C16H15NO6/c1-21-13-4-6-15(22-2)12(8-13)10-23-16-5-3-11(9-18)7-14(16)17(19)20/h3-9H,10H2,1-2H3. The van der Waals surface area contributed by atoms with Crippen LogP contribution in [0.15, 0.2) is 36.4 Å². The highest BCUT2D eigenvalue weighted by molar-refractivity contribution is 5.77. The van der Waals surface area contributed by atoms with Gasteiger partial charge in [0, 0.05) is 17.2 Å². The quantitative estimate of drug-likeness (QED) is 0.443. The molecule has 0 radical (unpaired) electrons. The van der Waals surface area contributed by atoms with E-state index in [1.54, 1.807) is 18.2 Å². The van der Waals surface area contributed by atoms with Crippen molar-refractivity contribution in [1.82, 2.24) is 0 Å². The van der Waals surface area contributed by atoms with Crippen molar-refractivity contribution in [3.05, 3.63) is 57.6 Å². The molecule has 0 amide bonds. The molecule has 0 fully saturated rings. The van der Waals surface area contributed by atoms with Gasteiger partial charge in [-0.15, -0.1) is 0 Å². The molecule has 0 heterocycles. The Bertz CT molecular complexity index is 729. The maximum Gasteiger partial charge on any atom is 0.311 e. The number of ether oxygens (including phenoxy) is 3. The van der Waals surface area contributed by atoms with Crippen molar-refractivity contribution >= 4 is 12.0 Å². The summed E-state index contributed by atoms with van der Waals surface area (Å²) in [5.41, 5.74) is 0.625. The molecule has 0 atom stereocenters. The van der Waals surface area contributed by atoms with Gasteiger partial charge in [0.2, 0.25) is 0 Å². The fourth-order valence-corrected chi connectivity index (χ4v) is 2.02. The van der Waals surface area contributed by atoms with Crippen LogP contribution in [0.25, 0.3) is 0 Å². The lowest BCUT2D eigenvalue weighted by atomic mass is 10.2. The van der Waals surface area contributed by atoms with Crippen LogP contribution in [-0.2, 0) is 6.61 Å². The molecule has 0 aliphatic rings. The highest BCUT2D eigenvalue weighted by Gasteiger charge is 2.17. The molecule has 2 aromatic carbocycles. The molecule has 0 aliphatic heterocycles. The van der Waals surface area contributed by atoms with Gasteiger partial charge in [-0.05, 0) is 30.3 Å². The number of benzene rings is 2. The van der Waals surface area contributed by atoms with Gasteiger partial charge in [-0.25, -0.2) is 0 Å². The Morgan fingerprint density at radius 2 is 1.83 bits per heavy atom. The van der Waals surface area contributed by atoms with Crippen LogP contribution in [0.1, 0.15) is 15.9 Å². The number of nitro groups is 1. The van der Waals surface area contributed by atoms with Gasteiger partial charge in [-0.3, -0.25) is 14.9 Å². The predicted octanol–water partition coefficient (Wildman–Crippen LogP) is 3.00. The Morgan fingerprint density at radius 1 is 1.09 bits per heavy atom. The normalized spacial score (nSPS) is 10.0. The smallest absolute Gasteiger partial charge is 0.311 e. The molecule has 0 aromatic heterocycles. The molecule has 0 bridgehead atoms. The lowest BCUT2D eigenvalue weighted by molar-refractivity contribution is -0.386. The van der Waals surface area contributed by atoms with Crippen molar-refractivity contribution in [3.8, 4) is 17.2 Å². The summed E-state index contributed by atoms with van der Waals surface area (Å²) < 4.78 is 15.9. The molecular weight excluding hydrogens is 302 g/mol. The van der Waals surface area contributed by atoms with Gasteiger partial charge in [-0.2, -0.15) is 0 Å². The highest BCUT2D eigenvalue weighted by Crippen LogP contribution is 2.30. The number of hydrogen-bond donors (Lipinski definition) is 0. The van der Waals surface area contributed by atoms with E-state index < -0.39 is 4.92 Å². The molecule has 0 N–H and O–H groups in total. The molecule has 2 rings (SSSR count). The zero-order chi connectivity index (χ0) is 16.8. The molecular formula is C16H15NO6. The van der Waals surface area contributed by atoms with Gasteiger partial charge < -0.3 is 14.2 Å². The van der Waals surface area contributed by atoms with E-state index in [2.05, 4.69) is 0 Å². The Morgan fingerprint density at radius 3 is 2.43 bits per heavy atom. The third kappa shape index (κ3) is 3.76. The first-order valence-electron chi connectivity index (χ1n) is 6.66. The minimum Gasteiger partial charge on any atom is -0.497 e. The van der Waals surface area contributed by atoms with E-state index in [0.29, 0.717) is 23.3 Å². The molecule has 0 saturated carbocycles. The molecule has 7 heteroatoms. The monoisotopic (exact) mass is 317 g/mol.